The number of rotatable bonds is 5. The van der Waals surface area contributed by atoms with E-state index in [1.165, 1.54) is 20.9 Å². The average molecular weight is 287 g/mol. The molecule has 0 fully saturated rings. The molecular weight excluding hydrogens is 266 g/mol. The Morgan fingerprint density at radius 1 is 1.05 bits per heavy atom. The molecule has 2 rings (SSSR count). The molecule has 0 saturated heterocycles. The minimum absolute atomic E-state index is 0.105. The van der Waals surface area contributed by atoms with Crippen molar-refractivity contribution in [1.82, 2.24) is 9.13 Å². The standard InChI is InChI=1S/C16H21N3O2/c1-3-9-18-11-14(17)15(20)19(16(18)21)10-13-7-5-12(4-2)6-8-13/h5-8,11H,3-4,9-10,17H2,1-2H3. The van der Waals surface area contributed by atoms with Crippen molar-refractivity contribution in [3.8, 4) is 0 Å². The molecular formula is C16H21N3O2. The number of benzene rings is 1. The lowest BCUT2D eigenvalue weighted by Crippen LogP contribution is -2.40. The van der Waals surface area contributed by atoms with Crippen LogP contribution in [0.1, 0.15) is 31.4 Å². The molecule has 1 aromatic heterocycles. The quantitative estimate of drug-likeness (QED) is 0.908. The number of aryl methyl sites for hydroxylation is 2. The SMILES string of the molecule is CCCn1cc(N)c(=O)n(Cc2ccc(CC)cc2)c1=O. The van der Waals surface area contributed by atoms with Crippen LogP contribution in [0.2, 0.25) is 0 Å². The van der Waals surface area contributed by atoms with E-state index in [0.717, 1.165) is 18.4 Å². The molecule has 5 nitrogen and oxygen atoms in total. The third-order valence-corrected chi connectivity index (χ3v) is 3.50. The Morgan fingerprint density at radius 3 is 2.24 bits per heavy atom. The summed E-state index contributed by atoms with van der Waals surface area (Å²) in [4.78, 5) is 24.4. The summed E-state index contributed by atoms with van der Waals surface area (Å²) in [6.07, 6.45) is 3.20. The predicted octanol–water partition coefficient (Wildman–Crippen LogP) is 1.61. The molecule has 112 valence electrons. The van der Waals surface area contributed by atoms with Gasteiger partial charge in [0.2, 0.25) is 0 Å². The minimum Gasteiger partial charge on any atom is -0.393 e. The lowest BCUT2D eigenvalue weighted by atomic mass is 10.1. The molecule has 1 heterocycles. The Hall–Kier alpha value is -2.30. The van der Waals surface area contributed by atoms with Gasteiger partial charge in [-0.3, -0.25) is 13.9 Å². The predicted molar refractivity (Wildman–Crippen MR) is 84.6 cm³/mol. The van der Waals surface area contributed by atoms with E-state index >= 15 is 0 Å². The van der Waals surface area contributed by atoms with Gasteiger partial charge in [0.05, 0.1) is 6.54 Å². The Kier molecular flexibility index (Phi) is 4.62. The molecule has 0 aliphatic carbocycles. The van der Waals surface area contributed by atoms with E-state index in [4.69, 9.17) is 5.73 Å². The van der Waals surface area contributed by atoms with Gasteiger partial charge in [0.1, 0.15) is 5.69 Å². The zero-order valence-corrected chi connectivity index (χ0v) is 12.5. The number of nitrogens with two attached hydrogens (primary N) is 1. The number of nitrogens with zero attached hydrogens (tertiary/aromatic N) is 2. The fraction of sp³-hybridized carbons (Fsp3) is 0.375. The first-order chi connectivity index (χ1) is 10.1. The maximum Gasteiger partial charge on any atom is 0.331 e. The van der Waals surface area contributed by atoms with E-state index in [1.807, 2.05) is 31.2 Å². The smallest absolute Gasteiger partial charge is 0.331 e. The molecule has 0 bridgehead atoms. The lowest BCUT2D eigenvalue weighted by molar-refractivity contribution is 0.573. The first-order valence-electron chi connectivity index (χ1n) is 7.24. The van der Waals surface area contributed by atoms with Crippen molar-refractivity contribution in [2.24, 2.45) is 0 Å². The van der Waals surface area contributed by atoms with Crippen molar-refractivity contribution in [2.75, 3.05) is 5.73 Å². The van der Waals surface area contributed by atoms with Crippen LogP contribution in [0.25, 0.3) is 0 Å². The Bertz CT molecular complexity index is 727. The molecule has 0 saturated carbocycles. The second-order valence-corrected chi connectivity index (χ2v) is 5.12. The summed E-state index contributed by atoms with van der Waals surface area (Å²) in [5.74, 6) is 0. The number of nitrogen functional groups attached to an aromatic ring is 1. The van der Waals surface area contributed by atoms with Crippen molar-refractivity contribution in [1.29, 1.82) is 0 Å². The summed E-state index contributed by atoms with van der Waals surface area (Å²) in [5.41, 5.74) is 7.24. The van der Waals surface area contributed by atoms with Gasteiger partial charge in [-0.05, 0) is 24.0 Å². The van der Waals surface area contributed by atoms with Crippen LogP contribution in [0.4, 0.5) is 5.69 Å². The van der Waals surface area contributed by atoms with Crippen LogP contribution in [0.5, 0.6) is 0 Å². The Morgan fingerprint density at radius 2 is 1.67 bits per heavy atom. The summed E-state index contributed by atoms with van der Waals surface area (Å²) in [6.45, 7) is 4.86. The largest absolute Gasteiger partial charge is 0.393 e. The van der Waals surface area contributed by atoms with Gasteiger partial charge < -0.3 is 5.73 Å². The van der Waals surface area contributed by atoms with Crippen molar-refractivity contribution >= 4 is 5.69 Å². The molecule has 0 aliphatic rings. The van der Waals surface area contributed by atoms with Crippen molar-refractivity contribution in [3.05, 3.63) is 62.4 Å². The number of hydrogen-bond acceptors (Lipinski definition) is 3. The highest BCUT2D eigenvalue weighted by Gasteiger charge is 2.09. The molecule has 2 aromatic rings. The fourth-order valence-corrected chi connectivity index (χ4v) is 2.28. The van der Waals surface area contributed by atoms with E-state index in [1.54, 1.807) is 0 Å². The third-order valence-electron chi connectivity index (χ3n) is 3.50. The molecule has 0 radical (unpaired) electrons. The van der Waals surface area contributed by atoms with Gasteiger partial charge in [0.15, 0.2) is 0 Å². The highest BCUT2D eigenvalue weighted by atomic mass is 16.2. The van der Waals surface area contributed by atoms with Gasteiger partial charge in [-0.2, -0.15) is 0 Å². The number of hydrogen-bond donors (Lipinski definition) is 1. The maximum absolute atomic E-state index is 12.3. The molecule has 1 aromatic carbocycles. The fourth-order valence-electron chi connectivity index (χ4n) is 2.28. The topological polar surface area (TPSA) is 70.0 Å². The van der Waals surface area contributed by atoms with E-state index in [2.05, 4.69) is 6.92 Å². The van der Waals surface area contributed by atoms with Crippen LogP contribution in [-0.4, -0.2) is 9.13 Å². The van der Waals surface area contributed by atoms with Gasteiger partial charge in [-0.1, -0.05) is 38.1 Å². The highest BCUT2D eigenvalue weighted by molar-refractivity contribution is 5.31. The van der Waals surface area contributed by atoms with Crippen LogP contribution < -0.4 is 17.0 Å². The highest BCUT2D eigenvalue weighted by Crippen LogP contribution is 2.06. The van der Waals surface area contributed by atoms with Crippen LogP contribution in [0.3, 0.4) is 0 Å². The van der Waals surface area contributed by atoms with Crippen LogP contribution in [0.15, 0.2) is 40.1 Å². The lowest BCUT2D eigenvalue weighted by Gasteiger charge is -2.11. The van der Waals surface area contributed by atoms with Crippen molar-refractivity contribution in [3.63, 3.8) is 0 Å². The second kappa shape index (κ2) is 6.43. The molecule has 0 atom stereocenters. The average Bonchev–Trinajstić information content (AvgIpc) is 2.50. The van der Waals surface area contributed by atoms with Gasteiger partial charge in [-0.25, -0.2) is 4.79 Å². The van der Waals surface area contributed by atoms with E-state index in [0.29, 0.717) is 6.54 Å². The van der Waals surface area contributed by atoms with Gasteiger partial charge in [0.25, 0.3) is 5.56 Å². The third kappa shape index (κ3) is 3.24. The second-order valence-electron chi connectivity index (χ2n) is 5.12. The summed E-state index contributed by atoms with van der Waals surface area (Å²) < 4.78 is 2.70. The van der Waals surface area contributed by atoms with Gasteiger partial charge in [-0.15, -0.1) is 0 Å². The molecule has 2 N–H and O–H groups in total. The summed E-state index contributed by atoms with van der Waals surface area (Å²) >= 11 is 0. The van der Waals surface area contributed by atoms with E-state index in [-0.39, 0.29) is 17.9 Å². The van der Waals surface area contributed by atoms with Gasteiger partial charge >= 0.3 is 5.69 Å². The zero-order chi connectivity index (χ0) is 15.4. The Balaban J connectivity index is 2.42. The number of anilines is 1. The molecule has 0 spiro atoms. The first kappa shape index (κ1) is 15.1. The molecule has 0 amide bonds. The van der Waals surface area contributed by atoms with Crippen LogP contribution >= 0.6 is 0 Å². The molecule has 21 heavy (non-hydrogen) atoms. The van der Waals surface area contributed by atoms with E-state index < -0.39 is 5.56 Å². The number of aromatic nitrogens is 2. The molecule has 0 unspecified atom stereocenters. The molecule has 0 aliphatic heterocycles. The normalized spacial score (nSPS) is 10.8. The van der Waals surface area contributed by atoms with Gasteiger partial charge in [0, 0.05) is 12.7 Å². The summed E-state index contributed by atoms with van der Waals surface area (Å²) in [6, 6.07) is 7.91. The maximum atomic E-state index is 12.3. The summed E-state index contributed by atoms with van der Waals surface area (Å²) in [5, 5.41) is 0. The van der Waals surface area contributed by atoms with E-state index in [9.17, 15) is 9.59 Å². The van der Waals surface area contributed by atoms with Crippen LogP contribution in [-0.2, 0) is 19.5 Å². The van der Waals surface area contributed by atoms with Crippen molar-refractivity contribution < 1.29 is 0 Å². The molecule has 5 heteroatoms. The minimum atomic E-state index is -0.424. The van der Waals surface area contributed by atoms with Crippen LogP contribution in [0, 0.1) is 0 Å². The van der Waals surface area contributed by atoms with Crippen molar-refractivity contribution in [2.45, 2.75) is 39.8 Å². The summed E-state index contributed by atoms with van der Waals surface area (Å²) in [7, 11) is 0. The monoisotopic (exact) mass is 287 g/mol. The zero-order valence-electron chi connectivity index (χ0n) is 12.5. The first-order valence-corrected chi connectivity index (χ1v) is 7.24. The Labute approximate surface area is 123 Å².